The lowest BCUT2D eigenvalue weighted by molar-refractivity contribution is -0.113. The molecule has 6 nitrogen and oxygen atoms in total. The van der Waals surface area contributed by atoms with Crippen LogP contribution in [0.15, 0.2) is 84.6 Å². The number of carbonyl (C=O) groups is 2. The smallest absolute Gasteiger partial charge is 0.333 e. The van der Waals surface area contributed by atoms with Gasteiger partial charge in [-0.3, -0.25) is 4.79 Å². The van der Waals surface area contributed by atoms with Crippen molar-refractivity contribution >= 4 is 68.7 Å². The lowest BCUT2D eigenvalue weighted by atomic mass is 10.1. The first-order valence-electron chi connectivity index (χ1n) is 11.0. The third kappa shape index (κ3) is 4.89. The zero-order chi connectivity index (χ0) is 25.2. The Morgan fingerprint density at radius 2 is 1.78 bits per heavy atom. The van der Waals surface area contributed by atoms with E-state index in [1.165, 1.54) is 5.39 Å². The molecule has 36 heavy (non-hydrogen) atoms. The molecule has 1 N–H and O–H groups in total. The second-order valence-corrected chi connectivity index (χ2v) is 9.71. The predicted molar refractivity (Wildman–Crippen MR) is 149 cm³/mol. The van der Waals surface area contributed by atoms with Gasteiger partial charge < -0.3 is 14.8 Å². The van der Waals surface area contributed by atoms with Crippen LogP contribution in [0.2, 0.25) is 5.02 Å². The molecule has 0 spiro atoms. The maximum Gasteiger partial charge on any atom is 0.333 e. The Kier molecular flexibility index (Phi) is 6.84. The van der Waals surface area contributed by atoms with E-state index in [0.29, 0.717) is 34.4 Å². The van der Waals surface area contributed by atoms with Crippen LogP contribution in [-0.4, -0.2) is 19.0 Å². The van der Waals surface area contributed by atoms with Crippen molar-refractivity contribution in [1.29, 1.82) is 0 Å². The van der Waals surface area contributed by atoms with Gasteiger partial charge in [-0.2, -0.15) is 0 Å². The molecule has 0 bridgehead atoms. The molecule has 1 fully saturated rings. The Balaban J connectivity index is 1.38. The number of rotatable bonds is 6. The number of benzene rings is 4. The molecule has 1 aliphatic rings. The number of hydrogen-bond donors (Lipinski definition) is 1. The summed E-state index contributed by atoms with van der Waals surface area (Å²) in [5.41, 5.74) is 2.28. The minimum Gasteiger partial charge on any atom is -0.493 e. The Morgan fingerprint density at radius 1 is 0.972 bits per heavy atom. The quantitative estimate of drug-likeness (QED) is 0.148. The number of hydrogen-bond acceptors (Lipinski definition) is 4. The summed E-state index contributed by atoms with van der Waals surface area (Å²) in [7, 11) is 1.56. The summed E-state index contributed by atoms with van der Waals surface area (Å²) in [6.45, 7) is 0.376. The third-order valence-corrected chi connectivity index (χ3v) is 6.74. The Morgan fingerprint density at radius 3 is 2.56 bits per heavy atom. The summed E-state index contributed by atoms with van der Waals surface area (Å²) in [5, 5.41) is 5.39. The van der Waals surface area contributed by atoms with Crippen LogP contribution in [0, 0.1) is 3.57 Å². The zero-order valence-corrected chi connectivity index (χ0v) is 22.0. The second kappa shape index (κ2) is 10.2. The SMILES string of the molecule is COc1cc(/C=C2/NC(=O)N(c3cccc(Cl)c3)C2=O)cc(I)c1OCc1ccc2ccccc2c1. The van der Waals surface area contributed by atoms with E-state index in [2.05, 4.69) is 52.2 Å². The van der Waals surface area contributed by atoms with E-state index in [9.17, 15) is 9.59 Å². The van der Waals surface area contributed by atoms with Crippen LogP contribution in [0.4, 0.5) is 10.5 Å². The third-order valence-electron chi connectivity index (χ3n) is 5.70. The lowest BCUT2D eigenvalue weighted by Crippen LogP contribution is -2.30. The van der Waals surface area contributed by atoms with E-state index >= 15 is 0 Å². The van der Waals surface area contributed by atoms with Crippen molar-refractivity contribution in [3.05, 3.63) is 104 Å². The molecule has 1 aliphatic heterocycles. The highest BCUT2D eigenvalue weighted by atomic mass is 127. The van der Waals surface area contributed by atoms with Gasteiger partial charge in [0.05, 0.1) is 16.4 Å². The minimum atomic E-state index is -0.537. The second-order valence-electron chi connectivity index (χ2n) is 8.11. The highest BCUT2D eigenvalue weighted by Crippen LogP contribution is 2.36. The van der Waals surface area contributed by atoms with Gasteiger partial charge in [-0.1, -0.05) is 54.1 Å². The fourth-order valence-electron chi connectivity index (χ4n) is 4.00. The molecule has 0 saturated carbocycles. The largest absolute Gasteiger partial charge is 0.493 e. The molecule has 0 radical (unpaired) electrons. The van der Waals surface area contributed by atoms with Gasteiger partial charge in [0.25, 0.3) is 5.91 Å². The summed E-state index contributed by atoms with van der Waals surface area (Å²) < 4.78 is 12.5. The highest BCUT2D eigenvalue weighted by molar-refractivity contribution is 14.1. The normalized spacial score (nSPS) is 14.4. The molecular formula is C28H20ClIN2O4. The Labute approximate surface area is 226 Å². The van der Waals surface area contributed by atoms with Crippen LogP contribution in [0.5, 0.6) is 11.5 Å². The van der Waals surface area contributed by atoms with Crippen molar-refractivity contribution in [1.82, 2.24) is 5.32 Å². The average molecular weight is 611 g/mol. The van der Waals surface area contributed by atoms with E-state index in [4.69, 9.17) is 21.1 Å². The molecule has 1 saturated heterocycles. The first-order chi connectivity index (χ1) is 17.4. The Hall–Kier alpha value is -3.56. The number of carbonyl (C=O) groups excluding carboxylic acids is 2. The van der Waals surface area contributed by atoms with E-state index in [1.54, 1.807) is 43.5 Å². The van der Waals surface area contributed by atoms with E-state index in [1.807, 2.05) is 24.3 Å². The summed E-state index contributed by atoms with van der Waals surface area (Å²) in [4.78, 5) is 26.5. The van der Waals surface area contributed by atoms with Gasteiger partial charge in [-0.25, -0.2) is 9.69 Å². The Bertz CT molecular complexity index is 1540. The molecule has 1 heterocycles. The molecule has 4 aromatic rings. The number of urea groups is 1. The number of halogens is 2. The molecule has 8 heteroatoms. The molecule has 4 aromatic carbocycles. The van der Waals surface area contributed by atoms with E-state index in [0.717, 1.165) is 19.4 Å². The molecular weight excluding hydrogens is 591 g/mol. The number of amides is 3. The van der Waals surface area contributed by atoms with Gasteiger partial charge in [0.2, 0.25) is 0 Å². The van der Waals surface area contributed by atoms with Crippen molar-refractivity contribution < 1.29 is 19.1 Å². The first-order valence-corrected chi connectivity index (χ1v) is 12.5. The average Bonchev–Trinajstić information content (AvgIpc) is 3.15. The molecule has 3 amide bonds. The maximum absolute atomic E-state index is 13.0. The maximum atomic E-state index is 13.0. The molecule has 180 valence electrons. The lowest BCUT2D eigenvalue weighted by Gasteiger charge is -2.14. The highest BCUT2D eigenvalue weighted by Gasteiger charge is 2.35. The van der Waals surface area contributed by atoms with Crippen LogP contribution in [0.3, 0.4) is 0 Å². The summed E-state index contributed by atoms with van der Waals surface area (Å²) in [6, 6.07) is 24.1. The van der Waals surface area contributed by atoms with Crippen molar-refractivity contribution in [2.24, 2.45) is 0 Å². The topological polar surface area (TPSA) is 67.9 Å². The van der Waals surface area contributed by atoms with Crippen molar-refractivity contribution in [3.63, 3.8) is 0 Å². The number of fused-ring (bicyclic) bond motifs is 1. The number of nitrogens with one attached hydrogen (secondary N) is 1. The van der Waals surface area contributed by atoms with Gasteiger partial charge in [0.15, 0.2) is 11.5 Å². The number of nitrogens with zero attached hydrogens (tertiary/aromatic N) is 1. The van der Waals surface area contributed by atoms with Gasteiger partial charge >= 0.3 is 6.03 Å². The van der Waals surface area contributed by atoms with Crippen LogP contribution >= 0.6 is 34.2 Å². The first kappa shape index (κ1) is 24.1. The van der Waals surface area contributed by atoms with E-state index in [-0.39, 0.29) is 5.70 Å². The van der Waals surface area contributed by atoms with Gasteiger partial charge in [0.1, 0.15) is 12.3 Å². The number of methoxy groups -OCH3 is 1. The fraction of sp³-hybridized carbons (Fsp3) is 0.0714. The van der Waals surface area contributed by atoms with Crippen molar-refractivity contribution in [2.45, 2.75) is 6.61 Å². The van der Waals surface area contributed by atoms with Gasteiger partial charge in [-0.15, -0.1) is 0 Å². The van der Waals surface area contributed by atoms with Crippen LogP contribution in [0.25, 0.3) is 16.8 Å². The van der Waals surface area contributed by atoms with Crippen molar-refractivity contribution in [3.8, 4) is 11.5 Å². The number of imide groups is 1. The van der Waals surface area contributed by atoms with Gasteiger partial charge in [0, 0.05) is 5.02 Å². The van der Waals surface area contributed by atoms with Crippen molar-refractivity contribution in [2.75, 3.05) is 12.0 Å². The van der Waals surface area contributed by atoms with Crippen LogP contribution in [0.1, 0.15) is 11.1 Å². The summed E-state index contributed by atoms with van der Waals surface area (Å²) in [5.74, 6) is 0.668. The molecule has 0 atom stereocenters. The molecule has 0 aliphatic carbocycles. The number of anilines is 1. The molecule has 0 unspecified atom stereocenters. The van der Waals surface area contributed by atoms with Crippen LogP contribution < -0.4 is 19.7 Å². The zero-order valence-electron chi connectivity index (χ0n) is 19.1. The minimum absolute atomic E-state index is 0.155. The standard InChI is InChI=1S/C28H20ClIN2O4/c1-35-25-14-18(13-24-27(33)32(28(34)31-24)22-8-4-7-21(29)15-22)12-23(30)26(25)36-16-17-9-10-19-5-2-3-6-20(19)11-17/h2-15H,16H2,1H3,(H,31,34)/b24-13+. The summed E-state index contributed by atoms with van der Waals surface area (Å²) in [6.07, 6.45) is 1.61. The molecule has 0 aromatic heterocycles. The number of ether oxygens (including phenoxy) is 2. The molecule has 5 rings (SSSR count). The predicted octanol–water partition coefficient (Wildman–Crippen LogP) is 6.78. The van der Waals surface area contributed by atoms with Gasteiger partial charge in [-0.05, 0) is 87.0 Å². The van der Waals surface area contributed by atoms with Crippen LogP contribution in [-0.2, 0) is 11.4 Å². The fourth-order valence-corrected chi connectivity index (χ4v) is 4.96. The summed E-state index contributed by atoms with van der Waals surface area (Å²) >= 11 is 8.20. The van der Waals surface area contributed by atoms with E-state index < -0.39 is 11.9 Å². The monoisotopic (exact) mass is 610 g/mol.